The molecule has 0 amide bonds. The minimum atomic E-state index is -1.43. The molecule has 0 aliphatic rings. The van der Waals surface area contributed by atoms with Crippen molar-refractivity contribution in [3.05, 3.63) is 0 Å². The van der Waals surface area contributed by atoms with Gasteiger partial charge in [-0.1, -0.05) is 19.6 Å². The Kier molecular flexibility index (Phi) is 4.88. The van der Waals surface area contributed by atoms with Crippen molar-refractivity contribution in [3.63, 3.8) is 0 Å². The van der Waals surface area contributed by atoms with Gasteiger partial charge in [-0.2, -0.15) is 0 Å². The maximum atomic E-state index is 10.7. The van der Waals surface area contributed by atoms with Crippen LogP contribution >= 0.6 is 0 Å². The minimum Gasteiger partial charge on any atom is -0.481 e. The number of aliphatic hydroxyl groups is 1. The summed E-state index contributed by atoms with van der Waals surface area (Å²) in [4.78, 5) is 10.7. The van der Waals surface area contributed by atoms with E-state index in [1.54, 1.807) is 0 Å². The van der Waals surface area contributed by atoms with Crippen molar-refractivity contribution < 1.29 is 15.0 Å². The summed E-state index contributed by atoms with van der Waals surface area (Å²) in [6.07, 6.45) is -0.611. The van der Waals surface area contributed by atoms with E-state index in [9.17, 15) is 9.90 Å². The van der Waals surface area contributed by atoms with Gasteiger partial charge < -0.3 is 10.2 Å². The number of aliphatic hydroxyl groups excluding tert-OH is 1. The molecule has 0 fully saturated rings. The molecule has 2 N–H and O–H groups in total. The van der Waals surface area contributed by atoms with E-state index in [0.29, 0.717) is 0 Å². The lowest BCUT2D eigenvalue weighted by Crippen LogP contribution is -2.25. The first kappa shape index (κ1) is 13.2. The van der Waals surface area contributed by atoms with E-state index in [1.807, 2.05) is 0 Å². The number of hydrogen-bond donors (Lipinski definition) is 2. The van der Waals surface area contributed by atoms with Crippen LogP contribution in [0.1, 0.15) is 13.3 Å². The van der Waals surface area contributed by atoms with Gasteiger partial charge in [-0.3, -0.25) is 4.79 Å². The summed E-state index contributed by atoms with van der Waals surface area (Å²) in [5, 5.41) is 17.9. The Balaban J connectivity index is 4.32. The van der Waals surface area contributed by atoms with Gasteiger partial charge in [0.25, 0.3) is 0 Å². The van der Waals surface area contributed by atoms with E-state index < -0.39 is 26.1 Å². The topological polar surface area (TPSA) is 57.5 Å². The van der Waals surface area contributed by atoms with Crippen molar-refractivity contribution in [3.8, 4) is 11.5 Å². The van der Waals surface area contributed by atoms with Crippen LogP contribution in [-0.2, 0) is 4.79 Å². The van der Waals surface area contributed by atoms with E-state index in [4.69, 9.17) is 5.11 Å². The molecule has 0 heterocycles. The molecular formula is C10H18O3Si. The normalized spacial score (nSPS) is 15.2. The zero-order valence-electron chi connectivity index (χ0n) is 9.16. The van der Waals surface area contributed by atoms with Gasteiger partial charge in [0.2, 0.25) is 0 Å². The lowest BCUT2D eigenvalue weighted by Gasteiger charge is -2.12. The largest absolute Gasteiger partial charge is 0.481 e. The second kappa shape index (κ2) is 5.18. The standard InChI is InChI=1S/C10H18O3Si/c1-8(11)9(10(12)13)6-5-7-14(2,3)4/h8-9,11H,6H2,1-4H3,(H,12,13)/t8-,9-/m1/s1. The third-order valence-electron chi connectivity index (χ3n) is 1.68. The van der Waals surface area contributed by atoms with Crippen LogP contribution in [0, 0.1) is 17.4 Å². The van der Waals surface area contributed by atoms with Crippen molar-refractivity contribution >= 4 is 14.0 Å². The average molecular weight is 214 g/mol. The molecule has 0 radical (unpaired) electrons. The Morgan fingerprint density at radius 2 is 1.93 bits per heavy atom. The third kappa shape index (κ3) is 5.78. The number of hydrogen-bond acceptors (Lipinski definition) is 2. The summed E-state index contributed by atoms with van der Waals surface area (Å²) in [7, 11) is -1.43. The second-order valence-corrected chi connectivity index (χ2v) is 9.19. The smallest absolute Gasteiger partial charge is 0.310 e. The van der Waals surface area contributed by atoms with E-state index in [-0.39, 0.29) is 6.42 Å². The van der Waals surface area contributed by atoms with Crippen LogP contribution in [0.4, 0.5) is 0 Å². The molecule has 0 saturated heterocycles. The van der Waals surface area contributed by atoms with Gasteiger partial charge in [0.15, 0.2) is 0 Å². The van der Waals surface area contributed by atoms with Gasteiger partial charge >= 0.3 is 5.97 Å². The minimum absolute atomic E-state index is 0.233. The van der Waals surface area contributed by atoms with Crippen molar-refractivity contribution in [1.29, 1.82) is 0 Å². The molecule has 0 aromatic carbocycles. The van der Waals surface area contributed by atoms with Gasteiger partial charge in [0.1, 0.15) is 8.07 Å². The van der Waals surface area contributed by atoms with Crippen LogP contribution in [0.5, 0.6) is 0 Å². The Bertz CT molecular complexity index is 255. The van der Waals surface area contributed by atoms with Gasteiger partial charge in [0.05, 0.1) is 12.0 Å². The number of carbonyl (C=O) groups is 1. The van der Waals surface area contributed by atoms with E-state index in [0.717, 1.165) is 0 Å². The van der Waals surface area contributed by atoms with Crippen molar-refractivity contribution in [2.45, 2.75) is 39.1 Å². The van der Waals surface area contributed by atoms with Crippen LogP contribution in [0.2, 0.25) is 19.6 Å². The highest BCUT2D eigenvalue weighted by molar-refractivity contribution is 6.83. The summed E-state index contributed by atoms with van der Waals surface area (Å²) in [5.41, 5.74) is 3.08. The van der Waals surface area contributed by atoms with Crippen LogP contribution in [0.3, 0.4) is 0 Å². The quantitative estimate of drug-likeness (QED) is 0.550. The average Bonchev–Trinajstić information content (AvgIpc) is 1.94. The summed E-state index contributed by atoms with van der Waals surface area (Å²) in [6.45, 7) is 7.77. The molecule has 3 nitrogen and oxygen atoms in total. The first-order chi connectivity index (χ1) is 6.24. The molecular weight excluding hydrogens is 196 g/mol. The third-order valence-corrected chi connectivity index (χ3v) is 2.61. The predicted molar refractivity (Wildman–Crippen MR) is 58.5 cm³/mol. The number of rotatable bonds is 3. The first-order valence-electron chi connectivity index (χ1n) is 4.65. The Morgan fingerprint density at radius 1 is 1.43 bits per heavy atom. The van der Waals surface area contributed by atoms with Crippen molar-refractivity contribution in [1.82, 2.24) is 0 Å². The van der Waals surface area contributed by atoms with Gasteiger partial charge in [-0.15, -0.1) is 11.5 Å². The van der Waals surface area contributed by atoms with Crippen LogP contribution < -0.4 is 0 Å². The Morgan fingerprint density at radius 3 is 2.21 bits per heavy atom. The molecule has 0 aromatic heterocycles. The van der Waals surface area contributed by atoms with Crippen LogP contribution in [-0.4, -0.2) is 30.4 Å². The van der Waals surface area contributed by atoms with E-state index in [2.05, 4.69) is 31.1 Å². The summed E-state index contributed by atoms with van der Waals surface area (Å²) >= 11 is 0. The van der Waals surface area contributed by atoms with E-state index in [1.165, 1.54) is 6.92 Å². The fraction of sp³-hybridized carbons (Fsp3) is 0.700. The van der Waals surface area contributed by atoms with Crippen LogP contribution in [0.25, 0.3) is 0 Å². The fourth-order valence-electron chi connectivity index (χ4n) is 0.890. The SMILES string of the molecule is C[C@@H](O)[C@@H](CC#C[Si](C)(C)C)C(=O)O. The molecule has 0 aromatic rings. The molecule has 0 bridgehead atoms. The number of carboxylic acids is 1. The molecule has 14 heavy (non-hydrogen) atoms. The molecule has 80 valence electrons. The molecule has 0 saturated carbocycles. The lowest BCUT2D eigenvalue weighted by molar-refractivity contribution is -0.144. The highest BCUT2D eigenvalue weighted by atomic mass is 28.3. The predicted octanol–water partition coefficient (Wildman–Crippen LogP) is 1.34. The Labute approximate surface area is 86.2 Å². The monoisotopic (exact) mass is 214 g/mol. The maximum Gasteiger partial charge on any atom is 0.310 e. The lowest BCUT2D eigenvalue weighted by atomic mass is 10.0. The molecule has 0 spiro atoms. The van der Waals surface area contributed by atoms with Crippen molar-refractivity contribution in [2.75, 3.05) is 0 Å². The van der Waals surface area contributed by atoms with Gasteiger partial charge in [-0.25, -0.2) is 0 Å². The molecule has 2 atom stereocenters. The number of carboxylic acid groups (broad SMARTS) is 1. The van der Waals surface area contributed by atoms with Gasteiger partial charge in [0, 0.05) is 6.42 Å². The molecule has 0 rings (SSSR count). The zero-order chi connectivity index (χ0) is 11.4. The zero-order valence-corrected chi connectivity index (χ0v) is 10.2. The first-order valence-corrected chi connectivity index (χ1v) is 8.15. The Hall–Kier alpha value is -0.793. The summed E-state index contributed by atoms with van der Waals surface area (Å²) in [5.74, 6) is 1.11. The molecule has 0 aliphatic carbocycles. The molecule has 0 aliphatic heterocycles. The van der Waals surface area contributed by atoms with E-state index >= 15 is 0 Å². The highest BCUT2D eigenvalue weighted by Gasteiger charge is 2.21. The summed E-state index contributed by atoms with van der Waals surface area (Å²) in [6, 6.07) is 0. The molecule has 4 heteroatoms. The van der Waals surface area contributed by atoms with Gasteiger partial charge in [-0.05, 0) is 6.92 Å². The summed E-state index contributed by atoms with van der Waals surface area (Å²) < 4.78 is 0. The van der Waals surface area contributed by atoms with Crippen LogP contribution in [0.15, 0.2) is 0 Å². The van der Waals surface area contributed by atoms with Crippen molar-refractivity contribution in [2.24, 2.45) is 5.92 Å². The maximum absolute atomic E-state index is 10.7. The highest BCUT2D eigenvalue weighted by Crippen LogP contribution is 2.08. The molecule has 0 unspecified atom stereocenters. The second-order valence-electron chi connectivity index (χ2n) is 4.44. The number of aliphatic carboxylic acids is 1. The fourth-order valence-corrected chi connectivity index (χ4v) is 1.52.